The summed E-state index contributed by atoms with van der Waals surface area (Å²) in [4.78, 5) is 12.0. The molecule has 0 aromatic heterocycles. The van der Waals surface area contributed by atoms with Crippen molar-refractivity contribution in [1.82, 2.24) is 0 Å². The normalized spacial score (nSPS) is 16.0. The second-order valence-electron chi connectivity index (χ2n) is 4.27. The van der Waals surface area contributed by atoms with E-state index in [4.69, 9.17) is 16.3 Å². The van der Waals surface area contributed by atoms with Crippen LogP contribution in [0.1, 0.15) is 17.0 Å². The van der Waals surface area contributed by atoms with Crippen LogP contribution in [0.2, 0.25) is 5.02 Å². The highest BCUT2D eigenvalue weighted by molar-refractivity contribution is 6.30. The van der Waals surface area contributed by atoms with E-state index in [-0.39, 0.29) is 11.9 Å². The van der Waals surface area contributed by atoms with E-state index in [0.29, 0.717) is 5.02 Å². The molecule has 0 radical (unpaired) electrons. The zero-order valence-electron chi connectivity index (χ0n) is 9.81. The van der Waals surface area contributed by atoms with Gasteiger partial charge >= 0.3 is 5.97 Å². The van der Waals surface area contributed by atoms with Gasteiger partial charge in [-0.25, -0.2) is 0 Å². The van der Waals surface area contributed by atoms with Gasteiger partial charge in [-0.3, -0.25) is 4.79 Å². The highest BCUT2D eigenvalue weighted by Crippen LogP contribution is 2.45. The Morgan fingerprint density at radius 3 is 2.61 bits per heavy atom. The molecule has 0 fully saturated rings. The molecular weight excluding hydrogens is 248 g/mol. The van der Waals surface area contributed by atoms with E-state index < -0.39 is 0 Å². The maximum Gasteiger partial charge on any atom is 0.317 e. The van der Waals surface area contributed by atoms with Crippen molar-refractivity contribution in [2.24, 2.45) is 0 Å². The number of benzene rings is 2. The Kier molecular flexibility index (Phi) is 2.60. The Morgan fingerprint density at radius 1 is 1.11 bits per heavy atom. The molecule has 0 amide bonds. The Bertz CT molecular complexity index is 634. The van der Waals surface area contributed by atoms with Crippen LogP contribution in [0.15, 0.2) is 42.5 Å². The van der Waals surface area contributed by atoms with Crippen LogP contribution in [0, 0.1) is 0 Å². The summed E-state index contributed by atoms with van der Waals surface area (Å²) >= 11 is 6.03. The van der Waals surface area contributed by atoms with Crippen LogP contribution in [0.3, 0.4) is 0 Å². The number of rotatable bonds is 1. The first kappa shape index (κ1) is 11.3. The van der Waals surface area contributed by atoms with Crippen LogP contribution in [0.5, 0.6) is 0 Å². The maximum atomic E-state index is 12.0. The molecule has 2 aromatic carbocycles. The number of hydrogen-bond donors (Lipinski definition) is 0. The monoisotopic (exact) mass is 258 g/mol. The van der Waals surface area contributed by atoms with Crippen molar-refractivity contribution < 1.29 is 9.53 Å². The predicted molar refractivity (Wildman–Crippen MR) is 70.7 cm³/mol. The van der Waals surface area contributed by atoms with Gasteiger partial charge in [-0.15, -0.1) is 0 Å². The van der Waals surface area contributed by atoms with E-state index in [2.05, 4.69) is 0 Å². The quantitative estimate of drug-likeness (QED) is 0.730. The minimum atomic E-state index is -0.361. The zero-order valence-corrected chi connectivity index (χ0v) is 10.6. The van der Waals surface area contributed by atoms with Gasteiger partial charge in [0.05, 0.1) is 7.11 Å². The Labute approximate surface area is 110 Å². The largest absolute Gasteiger partial charge is 0.468 e. The summed E-state index contributed by atoms with van der Waals surface area (Å²) in [6, 6.07) is 13.5. The summed E-state index contributed by atoms with van der Waals surface area (Å²) < 4.78 is 4.91. The third-order valence-electron chi connectivity index (χ3n) is 3.32. The first-order valence-corrected chi connectivity index (χ1v) is 6.06. The van der Waals surface area contributed by atoms with Gasteiger partial charge in [-0.1, -0.05) is 41.9 Å². The van der Waals surface area contributed by atoms with E-state index in [1.165, 1.54) is 7.11 Å². The molecule has 3 rings (SSSR count). The zero-order chi connectivity index (χ0) is 12.7. The smallest absolute Gasteiger partial charge is 0.317 e. The van der Waals surface area contributed by atoms with Crippen LogP contribution >= 0.6 is 11.6 Å². The number of carbonyl (C=O) groups excluding carboxylic acids is 1. The molecule has 0 aliphatic heterocycles. The van der Waals surface area contributed by atoms with Crippen molar-refractivity contribution in [3.05, 3.63) is 58.6 Å². The van der Waals surface area contributed by atoms with Gasteiger partial charge in [0.15, 0.2) is 0 Å². The van der Waals surface area contributed by atoms with Crippen molar-refractivity contribution >= 4 is 17.6 Å². The molecule has 2 nitrogen and oxygen atoms in total. The number of ether oxygens (including phenoxy) is 1. The molecule has 0 spiro atoms. The molecule has 1 aliphatic rings. The summed E-state index contributed by atoms with van der Waals surface area (Å²) in [5.41, 5.74) is 4.06. The lowest BCUT2D eigenvalue weighted by Gasteiger charge is -2.10. The van der Waals surface area contributed by atoms with Crippen LogP contribution in [0.4, 0.5) is 0 Å². The minimum Gasteiger partial charge on any atom is -0.468 e. The third-order valence-corrected chi connectivity index (χ3v) is 3.56. The number of methoxy groups -OCH3 is 1. The SMILES string of the molecule is COC(=O)[C@H]1c2ccccc2-c2ccc(Cl)cc21. The molecule has 0 bridgehead atoms. The fraction of sp³-hybridized carbons (Fsp3) is 0.133. The van der Waals surface area contributed by atoms with Crippen molar-refractivity contribution in [3.8, 4) is 11.1 Å². The molecule has 0 heterocycles. The maximum absolute atomic E-state index is 12.0. The molecule has 0 unspecified atom stereocenters. The molecular formula is C15H11ClO2. The first-order chi connectivity index (χ1) is 8.72. The van der Waals surface area contributed by atoms with Gasteiger partial charge in [-0.2, -0.15) is 0 Å². The number of esters is 1. The molecule has 18 heavy (non-hydrogen) atoms. The fourth-order valence-electron chi connectivity index (χ4n) is 2.55. The topological polar surface area (TPSA) is 26.3 Å². The van der Waals surface area contributed by atoms with Crippen LogP contribution < -0.4 is 0 Å². The van der Waals surface area contributed by atoms with Crippen LogP contribution in [-0.4, -0.2) is 13.1 Å². The molecule has 0 saturated heterocycles. The van der Waals surface area contributed by atoms with Gasteiger partial charge in [-0.05, 0) is 34.4 Å². The average molecular weight is 259 g/mol. The Hall–Kier alpha value is -1.80. The summed E-state index contributed by atoms with van der Waals surface area (Å²) in [5.74, 6) is -0.608. The molecule has 3 heteroatoms. The number of halogens is 1. The Balaban J connectivity index is 2.28. The standard InChI is InChI=1S/C15H11ClO2/c1-18-15(17)14-12-5-3-2-4-10(12)11-7-6-9(16)8-13(11)14/h2-8,14H,1H3/t14-/m0/s1. The van der Waals surface area contributed by atoms with Crippen molar-refractivity contribution in [1.29, 1.82) is 0 Å². The van der Waals surface area contributed by atoms with Gasteiger partial charge < -0.3 is 4.74 Å². The molecule has 2 aromatic rings. The average Bonchev–Trinajstić information content (AvgIpc) is 2.71. The number of hydrogen-bond acceptors (Lipinski definition) is 2. The van der Waals surface area contributed by atoms with Crippen molar-refractivity contribution in [3.63, 3.8) is 0 Å². The van der Waals surface area contributed by atoms with E-state index in [1.807, 2.05) is 42.5 Å². The van der Waals surface area contributed by atoms with Crippen LogP contribution in [0.25, 0.3) is 11.1 Å². The summed E-state index contributed by atoms with van der Waals surface area (Å²) in [6.45, 7) is 0. The molecule has 0 N–H and O–H groups in total. The van der Waals surface area contributed by atoms with E-state index in [9.17, 15) is 4.79 Å². The second-order valence-corrected chi connectivity index (χ2v) is 4.71. The molecule has 90 valence electrons. The predicted octanol–water partition coefficient (Wildman–Crippen LogP) is 3.63. The minimum absolute atomic E-state index is 0.247. The third kappa shape index (κ3) is 1.53. The number of fused-ring (bicyclic) bond motifs is 3. The van der Waals surface area contributed by atoms with E-state index in [1.54, 1.807) is 0 Å². The van der Waals surface area contributed by atoms with Crippen molar-refractivity contribution in [2.45, 2.75) is 5.92 Å². The molecule has 1 atom stereocenters. The lowest BCUT2D eigenvalue weighted by molar-refractivity contribution is -0.141. The first-order valence-electron chi connectivity index (χ1n) is 5.69. The van der Waals surface area contributed by atoms with Gasteiger partial charge in [0.2, 0.25) is 0 Å². The Morgan fingerprint density at radius 2 is 1.83 bits per heavy atom. The summed E-state index contributed by atoms with van der Waals surface area (Å²) in [7, 11) is 1.41. The molecule has 0 saturated carbocycles. The van der Waals surface area contributed by atoms with Gasteiger partial charge in [0, 0.05) is 5.02 Å². The highest BCUT2D eigenvalue weighted by atomic mass is 35.5. The summed E-state index contributed by atoms with van der Waals surface area (Å²) in [6.07, 6.45) is 0. The lowest BCUT2D eigenvalue weighted by atomic mass is 9.97. The van der Waals surface area contributed by atoms with E-state index in [0.717, 1.165) is 22.3 Å². The number of carbonyl (C=O) groups is 1. The highest BCUT2D eigenvalue weighted by Gasteiger charge is 2.34. The van der Waals surface area contributed by atoms with Crippen molar-refractivity contribution in [2.75, 3.05) is 7.11 Å². The molecule has 1 aliphatic carbocycles. The lowest BCUT2D eigenvalue weighted by Crippen LogP contribution is -2.13. The fourth-order valence-corrected chi connectivity index (χ4v) is 2.73. The van der Waals surface area contributed by atoms with Crippen LogP contribution in [-0.2, 0) is 9.53 Å². The van der Waals surface area contributed by atoms with E-state index >= 15 is 0 Å². The second kappa shape index (κ2) is 4.14. The van der Waals surface area contributed by atoms with Gasteiger partial charge in [0.1, 0.15) is 5.92 Å². The summed E-state index contributed by atoms with van der Waals surface area (Å²) in [5, 5.41) is 0.635. The van der Waals surface area contributed by atoms with Gasteiger partial charge in [0.25, 0.3) is 0 Å².